The van der Waals surface area contributed by atoms with E-state index in [0.717, 1.165) is 11.3 Å². The minimum absolute atomic E-state index is 0.0186. The zero-order valence-electron chi connectivity index (χ0n) is 20.0. The number of anilines is 2. The zero-order chi connectivity index (χ0) is 25.2. The highest BCUT2D eigenvalue weighted by Gasteiger charge is 2.33. The van der Waals surface area contributed by atoms with Crippen molar-refractivity contribution < 1.29 is 18.4 Å². The first kappa shape index (κ1) is 23.9. The van der Waals surface area contributed by atoms with Crippen LogP contribution in [0.2, 0.25) is 0 Å². The van der Waals surface area contributed by atoms with E-state index >= 15 is 0 Å². The standard InChI is InChI=1S/C26H28F2N6O2/c1-16-13-18(5-9-29-16)22-14-30-24(31-22)25(35)32-21-4-2-3-20(28)23(21)33-10-6-17(7-11-33)26(36)34-12-8-19(27)15-34/h2-5,9,13-14,17,19H,6-8,10-12,15H2,1H3,(H,30,31)(H,32,35)/t19-/m0/s1. The van der Waals surface area contributed by atoms with Crippen molar-refractivity contribution in [2.45, 2.75) is 32.4 Å². The van der Waals surface area contributed by atoms with Gasteiger partial charge in [0.25, 0.3) is 5.91 Å². The number of aromatic amines is 1. The Labute approximate surface area is 207 Å². The molecule has 2 saturated heterocycles. The zero-order valence-corrected chi connectivity index (χ0v) is 20.0. The van der Waals surface area contributed by atoms with E-state index in [1.54, 1.807) is 29.4 Å². The molecule has 0 unspecified atom stereocenters. The first-order chi connectivity index (χ1) is 17.4. The summed E-state index contributed by atoms with van der Waals surface area (Å²) in [6.07, 6.45) is 3.85. The molecule has 2 N–H and O–H groups in total. The van der Waals surface area contributed by atoms with Gasteiger partial charge in [-0.05, 0) is 50.5 Å². The normalized spacial score (nSPS) is 18.5. The summed E-state index contributed by atoms with van der Waals surface area (Å²) >= 11 is 0. The molecule has 4 heterocycles. The second-order valence-corrected chi connectivity index (χ2v) is 9.34. The van der Waals surface area contributed by atoms with Crippen LogP contribution in [0.25, 0.3) is 11.3 Å². The summed E-state index contributed by atoms with van der Waals surface area (Å²) in [6.45, 7) is 3.41. The lowest BCUT2D eigenvalue weighted by atomic mass is 9.94. The number of imidazole rings is 1. The number of likely N-dealkylation sites (tertiary alicyclic amines) is 1. The van der Waals surface area contributed by atoms with Gasteiger partial charge < -0.3 is 20.1 Å². The second kappa shape index (κ2) is 10.0. The summed E-state index contributed by atoms with van der Waals surface area (Å²) in [5, 5.41) is 2.78. The Morgan fingerprint density at radius 1 is 1.14 bits per heavy atom. The monoisotopic (exact) mass is 494 g/mol. The maximum atomic E-state index is 15.0. The number of hydrogen-bond donors (Lipinski definition) is 2. The van der Waals surface area contributed by atoms with Gasteiger partial charge in [0.15, 0.2) is 5.82 Å². The number of nitrogens with one attached hydrogen (secondary N) is 2. The number of pyridine rings is 1. The lowest BCUT2D eigenvalue weighted by molar-refractivity contribution is -0.135. The van der Waals surface area contributed by atoms with Crippen LogP contribution in [-0.4, -0.2) is 64.0 Å². The number of aryl methyl sites for hydroxylation is 1. The number of H-pyrrole nitrogens is 1. The van der Waals surface area contributed by atoms with Crippen molar-refractivity contribution in [1.82, 2.24) is 19.9 Å². The van der Waals surface area contributed by atoms with Gasteiger partial charge >= 0.3 is 0 Å². The van der Waals surface area contributed by atoms with Gasteiger partial charge in [0.05, 0.1) is 23.6 Å². The fraction of sp³-hybridized carbons (Fsp3) is 0.385. The van der Waals surface area contributed by atoms with Crippen molar-refractivity contribution >= 4 is 23.2 Å². The predicted octanol–water partition coefficient (Wildman–Crippen LogP) is 3.96. The van der Waals surface area contributed by atoms with Crippen LogP contribution in [0, 0.1) is 18.7 Å². The Kier molecular flexibility index (Phi) is 6.67. The quantitative estimate of drug-likeness (QED) is 0.560. The number of halogens is 2. The van der Waals surface area contributed by atoms with E-state index in [-0.39, 0.29) is 24.2 Å². The molecule has 2 fully saturated rings. The Hall–Kier alpha value is -3.82. The fourth-order valence-corrected chi connectivity index (χ4v) is 4.94. The van der Waals surface area contributed by atoms with E-state index in [4.69, 9.17) is 0 Å². The van der Waals surface area contributed by atoms with Crippen LogP contribution in [0.3, 0.4) is 0 Å². The first-order valence-corrected chi connectivity index (χ1v) is 12.1. The minimum atomic E-state index is -0.947. The van der Waals surface area contributed by atoms with Crippen LogP contribution in [-0.2, 0) is 4.79 Å². The molecule has 0 bridgehead atoms. The molecule has 188 valence electrons. The number of nitrogens with zero attached hydrogens (tertiary/aromatic N) is 4. The SMILES string of the molecule is Cc1cc(-c2c[nH]c(C(=O)Nc3cccc(F)c3N3CCC(C(=O)N4CC[C@H](F)C4)CC3)n2)ccn1. The smallest absolute Gasteiger partial charge is 0.291 e. The van der Waals surface area contributed by atoms with Gasteiger partial charge in [0.1, 0.15) is 12.0 Å². The van der Waals surface area contributed by atoms with Crippen LogP contribution in [0.4, 0.5) is 20.2 Å². The summed E-state index contributed by atoms with van der Waals surface area (Å²) in [5.74, 6) is -1.05. The Morgan fingerprint density at radius 2 is 1.94 bits per heavy atom. The van der Waals surface area contributed by atoms with Crippen LogP contribution in [0.15, 0.2) is 42.7 Å². The van der Waals surface area contributed by atoms with Crippen molar-refractivity contribution in [2.24, 2.45) is 5.92 Å². The average Bonchev–Trinajstić information content (AvgIpc) is 3.54. The van der Waals surface area contributed by atoms with Crippen molar-refractivity contribution in [2.75, 3.05) is 36.4 Å². The number of aromatic nitrogens is 3. The van der Waals surface area contributed by atoms with Crippen LogP contribution < -0.4 is 10.2 Å². The molecule has 0 saturated carbocycles. The number of para-hydroxylation sites is 1. The number of carbonyl (C=O) groups is 2. The Bertz CT molecular complexity index is 1270. The van der Waals surface area contributed by atoms with Gasteiger partial charge in [-0.25, -0.2) is 13.8 Å². The number of benzene rings is 1. The van der Waals surface area contributed by atoms with E-state index in [9.17, 15) is 18.4 Å². The molecule has 8 nitrogen and oxygen atoms in total. The lowest BCUT2D eigenvalue weighted by Crippen LogP contribution is -2.42. The van der Waals surface area contributed by atoms with Gasteiger partial charge in [-0.15, -0.1) is 0 Å². The molecular formula is C26H28F2N6O2. The number of amides is 2. The molecule has 2 aromatic heterocycles. The van der Waals surface area contributed by atoms with E-state index in [1.807, 2.05) is 24.0 Å². The molecule has 1 aromatic carbocycles. The van der Waals surface area contributed by atoms with E-state index in [2.05, 4.69) is 20.3 Å². The number of piperidine rings is 1. The molecule has 36 heavy (non-hydrogen) atoms. The summed E-state index contributed by atoms with van der Waals surface area (Å²) in [6, 6.07) is 8.22. The van der Waals surface area contributed by atoms with E-state index in [0.29, 0.717) is 56.0 Å². The van der Waals surface area contributed by atoms with Crippen LogP contribution in [0.5, 0.6) is 0 Å². The third-order valence-electron chi connectivity index (χ3n) is 6.82. The molecule has 3 aromatic rings. The first-order valence-electron chi connectivity index (χ1n) is 12.1. The Balaban J connectivity index is 1.27. The van der Waals surface area contributed by atoms with Gasteiger partial charge in [-0.2, -0.15) is 0 Å². The molecule has 5 rings (SSSR count). The number of carbonyl (C=O) groups excluding carboxylic acids is 2. The molecule has 10 heteroatoms. The molecule has 0 aliphatic carbocycles. The molecule has 2 aliphatic rings. The summed E-state index contributed by atoms with van der Waals surface area (Å²) in [7, 11) is 0. The largest absolute Gasteiger partial charge is 0.367 e. The lowest BCUT2D eigenvalue weighted by Gasteiger charge is -2.35. The van der Waals surface area contributed by atoms with E-state index in [1.165, 1.54) is 6.07 Å². The maximum absolute atomic E-state index is 15.0. The topological polar surface area (TPSA) is 94.2 Å². The third kappa shape index (κ3) is 4.93. The highest BCUT2D eigenvalue weighted by Crippen LogP contribution is 2.33. The molecule has 2 aliphatic heterocycles. The maximum Gasteiger partial charge on any atom is 0.291 e. The van der Waals surface area contributed by atoms with Gasteiger partial charge in [-0.3, -0.25) is 14.6 Å². The average molecular weight is 495 g/mol. The minimum Gasteiger partial charge on any atom is -0.367 e. The number of alkyl halides is 1. The molecule has 0 radical (unpaired) electrons. The highest BCUT2D eigenvalue weighted by molar-refractivity contribution is 6.04. The van der Waals surface area contributed by atoms with Crippen LogP contribution >= 0.6 is 0 Å². The van der Waals surface area contributed by atoms with Crippen molar-refractivity contribution in [3.63, 3.8) is 0 Å². The predicted molar refractivity (Wildman–Crippen MR) is 132 cm³/mol. The third-order valence-corrected chi connectivity index (χ3v) is 6.82. The molecule has 2 amide bonds. The number of hydrogen-bond acceptors (Lipinski definition) is 5. The molecular weight excluding hydrogens is 466 g/mol. The van der Waals surface area contributed by atoms with Gasteiger partial charge in [0, 0.05) is 49.2 Å². The summed E-state index contributed by atoms with van der Waals surface area (Å²) in [4.78, 5) is 40.6. The van der Waals surface area contributed by atoms with E-state index < -0.39 is 17.9 Å². The number of rotatable bonds is 5. The van der Waals surface area contributed by atoms with Crippen molar-refractivity contribution in [3.8, 4) is 11.3 Å². The molecule has 1 atom stereocenters. The highest BCUT2D eigenvalue weighted by atomic mass is 19.1. The second-order valence-electron chi connectivity index (χ2n) is 9.34. The molecule has 0 spiro atoms. The van der Waals surface area contributed by atoms with Gasteiger partial charge in [-0.1, -0.05) is 6.07 Å². The van der Waals surface area contributed by atoms with Crippen molar-refractivity contribution in [1.29, 1.82) is 0 Å². The Morgan fingerprint density at radius 3 is 2.67 bits per heavy atom. The summed E-state index contributed by atoms with van der Waals surface area (Å²) in [5.41, 5.74) is 2.90. The fourth-order valence-electron chi connectivity index (χ4n) is 4.94. The van der Waals surface area contributed by atoms with Crippen LogP contribution in [0.1, 0.15) is 35.6 Å². The van der Waals surface area contributed by atoms with Gasteiger partial charge in [0.2, 0.25) is 5.91 Å². The summed E-state index contributed by atoms with van der Waals surface area (Å²) < 4.78 is 28.5. The van der Waals surface area contributed by atoms with Crippen molar-refractivity contribution in [3.05, 3.63) is 60.1 Å².